The molecule has 0 aliphatic rings. The van der Waals surface area contributed by atoms with Gasteiger partial charge in [-0.2, -0.15) is 0 Å². The van der Waals surface area contributed by atoms with Crippen molar-refractivity contribution in [2.24, 2.45) is 0 Å². The topological polar surface area (TPSA) is 78.9 Å². The number of nitrogens with zero attached hydrogens (tertiary/aromatic N) is 5. The fraction of sp³-hybridized carbons (Fsp3) is 0.273. The van der Waals surface area contributed by atoms with Gasteiger partial charge in [-0.05, 0) is 57.2 Å². The molecule has 0 aliphatic heterocycles. The molecule has 0 saturated carbocycles. The van der Waals surface area contributed by atoms with Crippen LogP contribution in [0.3, 0.4) is 0 Å². The summed E-state index contributed by atoms with van der Waals surface area (Å²) >= 11 is 1.53. The van der Waals surface area contributed by atoms with Gasteiger partial charge < -0.3 is 9.15 Å². The van der Waals surface area contributed by atoms with Crippen LogP contribution in [0.25, 0.3) is 22.8 Å². The summed E-state index contributed by atoms with van der Waals surface area (Å²) < 4.78 is 13.2. The van der Waals surface area contributed by atoms with Crippen molar-refractivity contribution in [3.63, 3.8) is 0 Å². The molecule has 0 saturated heterocycles. The van der Waals surface area contributed by atoms with Gasteiger partial charge in [-0.3, -0.25) is 4.57 Å². The summed E-state index contributed by atoms with van der Waals surface area (Å²) in [5, 5.41) is 18.0. The molecule has 0 aliphatic carbocycles. The second-order valence-corrected chi connectivity index (χ2v) is 8.10. The third-order valence-corrected chi connectivity index (χ3v) is 5.51. The van der Waals surface area contributed by atoms with Gasteiger partial charge in [0.25, 0.3) is 0 Å². The van der Waals surface area contributed by atoms with Crippen LogP contribution in [0.5, 0.6) is 5.75 Å². The zero-order chi connectivity index (χ0) is 21.1. The Morgan fingerprint density at radius 2 is 1.80 bits per heavy atom. The van der Waals surface area contributed by atoms with Crippen molar-refractivity contribution in [3.8, 4) is 28.6 Å². The number of methoxy groups -OCH3 is 1. The Bertz CT molecular complexity index is 1130. The Morgan fingerprint density at radius 3 is 2.50 bits per heavy atom. The van der Waals surface area contributed by atoms with E-state index in [4.69, 9.17) is 9.15 Å². The fourth-order valence-corrected chi connectivity index (χ4v) is 4.01. The van der Waals surface area contributed by atoms with E-state index in [9.17, 15) is 0 Å². The Labute approximate surface area is 179 Å². The molecule has 2 aromatic heterocycles. The highest BCUT2D eigenvalue weighted by atomic mass is 32.2. The minimum atomic E-state index is 0.199. The van der Waals surface area contributed by atoms with Gasteiger partial charge in [0, 0.05) is 17.2 Å². The van der Waals surface area contributed by atoms with E-state index in [0.29, 0.717) is 17.5 Å². The third kappa shape index (κ3) is 4.23. The molecule has 4 rings (SSSR count). The number of aromatic nitrogens is 5. The van der Waals surface area contributed by atoms with Crippen LogP contribution in [-0.2, 0) is 5.75 Å². The summed E-state index contributed by atoms with van der Waals surface area (Å²) in [6.07, 6.45) is 0. The zero-order valence-corrected chi connectivity index (χ0v) is 18.2. The molecular weight excluding hydrogens is 398 g/mol. The third-order valence-electron chi connectivity index (χ3n) is 4.59. The highest BCUT2D eigenvalue weighted by Gasteiger charge is 2.18. The Kier molecular flexibility index (Phi) is 5.85. The van der Waals surface area contributed by atoms with Crippen molar-refractivity contribution in [2.75, 3.05) is 7.11 Å². The van der Waals surface area contributed by atoms with Gasteiger partial charge in [-0.1, -0.05) is 29.5 Å². The van der Waals surface area contributed by atoms with E-state index in [1.807, 2.05) is 55.5 Å². The molecule has 0 fully saturated rings. The monoisotopic (exact) mass is 421 g/mol. The molecule has 8 heteroatoms. The van der Waals surface area contributed by atoms with E-state index in [2.05, 4.69) is 38.8 Å². The van der Waals surface area contributed by atoms with Crippen LogP contribution in [0.15, 0.2) is 58.1 Å². The SMILES string of the molecule is COc1ccc(-c2nnc(SCc3nnc(-c4cccc(C)c4)o3)n2C(C)C)cc1. The number of thioether (sulfide) groups is 1. The lowest BCUT2D eigenvalue weighted by Crippen LogP contribution is -2.05. The molecule has 30 heavy (non-hydrogen) atoms. The van der Waals surface area contributed by atoms with Crippen LogP contribution in [0.2, 0.25) is 0 Å². The van der Waals surface area contributed by atoms with Gasteiger partial charge in [0.05, 0.1) is 12.9 Å². The normalized spacial score (nSPS) is 11.2. The summed E-state index contributed by atoms with van der Waals surface area (Å²) in [7, 11) is 1.66. The number of hydrogen-bond acceptors (Lipinski definition) is 7. The lowest BCUT2D eigenvalue weighted by atomic mass is 10.1. The molecule has 0 atom stereocenters. The van der Waals surface area contributed by atoms with Crippen molar-refractivity contribution in [1.29, 1.82) is 0 Å². The van der Waals surface area contributed by atoms with Crippen molar-refractivity contribution in [1.82, 2.24) is 25.0 Å². The van der Waals surface area contributed by atoms with E-state index < -0.39 is 0 Å². The molecule has 4 aromatic rings. The van der Waals surface area contributed by atoms with Crippen molar-refractivity contribution >= 4 is 11.8 Å². The average molecular weight is 422 g/mol. The fourth-order valence-electron chi connectivity index (χ4n) is 3.11. The summed E-state index contributed by atoms with van der Waals surface area (Å²) in [6.45, 7) is 6.27. The van der Waals surface area contributed by atoms with E-state index in [1.165, 1.54) is 11.8 Å². The van der Waals surface area contributed by atoms with Crippen LogP contribution in [0, 0.1) is 6.92 Å². The Balaban J connectivity index is 1.53. The molecular formula is C22H23N5O2S. The maximum atomic E-state index is 5.85. The first-order chi connectivity index (χ1) is 14.5. The largest absolute Gasteiger partial charge is 0.497 e. The van der Waals surface area contributed by atoms with Gasteiger partial charge >= 0.3 is 0 Å². The van der Waals surface area contributed by atoms with Gasteiger partial charge in [0.1, 0.15) is 5.75 Å². The van der Waals surface area contributed by atoms with Crippen LogP contribution in [0.4, 0.5) is 0 Å². The maximum absolute atomic E-state index is 5.85. The van der Waals surface area contributed by atoms with Gasteiger partial charge in [-0.25, -0.2) is 0 Å². The molecule has 154 valence electrons. The lowest BCUT2D eigenvalue weighted by Gasteiger charge is -2.13. The van der Waals surface area contributed by atoms with Crippen LogP contribution in [-0.4, -0.2) is 32.1 Å². The maximum Gasteiger partial charge on any atom is 0.247 e. The summed E-state index contributed by atoms with van der Waals surface area (Å²) in [6, 6.07) is 16.0. The van der Waals surface area contributed by atoms with E-state index >= 15 is 0 Å². The molecule has 0 bridgehead atoms. The number of hydrogen-bond donors (Lipinski definition) is 0. The van der Waals surface area contributed by atoms with Crippen molar-refractivity contribution in [2.45, 2.75) is 37.7 Å². The smallest absolute Gasteiger partial charge is 0.247 e. The number of ether oxygens (including phenoxy) is 1. The predicted octanol–water partition coefficient (Wildman–Crippen LogP) is 5.19. The summed E-state index contributed by atoms with van der Waals surface area (Å²) in [5.41, 5.74) is 3.06. The molecule has 0 spiro atoms. The van der Waals surface area contributed by atoms with Crippen molar-refractivity contribution < 1.29 is 9.15 Å². The van der Waals surface area contributed by atoms with Gasteiger partial charge in [-0.15, -0.1) is 20.4 Å². The zero-order valence-electron chi connectivity index (χ0n) is 17.4. The van der Waals surface area contributed by atoms with Crippen molar-refractivity contribution in [3.05, 3.63) is 60.0 Å². The molecule has 2 aromatic carbocycles. The first kappa shape index (κ1) is 20.2. The average Bonchev–Trinajstić information content (AvgIpc) is 3.39. The Morgan fingerprint density at radius 1 is 1.00 bits per heavy atom. The molecule has 0 radical (unpaired) electrons. The first-order valence-electron chi connectivity index (χ1n) is 9.66. The molecule has 0 unspecified atom stereocenters. The molecule has 2 heterocycles. The quantitative estimate of drug-likeness (QED) is 0.380. The minimum absolute atomic E-state index is 0.199. The minimum Gasteiger partial charge on any atom is -0.497 e. The molecule has 7 nitrogen and oxygen atoms in total. The standard InChI is InChI=1S/C22H23N5O2S/c1-14(2)27-20(16-8-10-18(28-4)11-9-16)24-26-22(27)30-13-19-23-25-21(29-19)17-7-5-6-15(3)12-17/h5-12,14H,13H2,1-4H3. The number of rotatable bonds is 7. The Hall–Kier alpha value is -3.13. The first-order valence-corrected chi connectivity index (χ1v) is 10.6. The highest BCUT2D eigenvalue weighted by Crippen LogP contribution is 2.30. The van der Waals surface area contributed by atoms with Crippen LogP contribution >= 0.6 is 11.8 Å². The van der Waals surface area contributed by atoms with E-state index in [-0.39, 0.29) is 6.04 Å². The second-order valence-electron chi connectivity index (χ2n) is 7.16. The van der Waals surface area contributed by atoms with Gasteiger partial charge in [0.2, 0.25) is 11.8 Å². The number of aryl methyl sites for hydroxylation is 1. The van der Waals surface area contributed by atoms with Crippen LogP contribution < -0.4 is 4.74 Å². The van der Waals surface area contributed by atoms with E-state index in [0.717, 1.165) is 33.4 Å². The predicted molar refractivity (Wildman–Crippen MR) is 116 cm³/mol. The molecule has 0 amide bonds. The number of benzene rings is 2. The van der Waals surface area contributed by atoms with Crippen LogP contribution in [0.1, 0.15) is 31.3 Å². The van der Waals surface area contributed by atoms with E-state index in [1.54, 1.807) is 7.11 Å². The highest BCUT2D eigenvalue weighted by molar-refractivity contribution is 7.98. The van der Waals surface area contributed by atoms with Gasteiger partial charge in [0.15, 0.2) is 11.0 Å². The summed E-state index contributed by atoms with van der Waals surface area (Å²) in [5.74, 6) is 3.23. The second kappa shape index (κ2) is 8.71. The lowest BCUT2D eigenvalue weighted by molar-refractivity contribution is 0.415. The molecule has 0 N–H and O–H groups in total. The summed E-state index contributed by atoms with van der Waals surface area (Å²) in [4.78, 5) is 0.